The second-order valence-electron chi connectivity index (χ2n) is 8.08. The number of aromatic nitrogens is 1. The molecule has 0 bridgehead atoms. The minimum absolute atomic E-state index is 0.00154. The molecule has 172 valence electrons. The molecule has 4 N–H and O–H groups in total. The average Bonchev–Trinajstić information content (AvgIpc) is 3.20. The zero-order chi connectivity index (χ0) is 24.5. The lowest BCUT2D eigenvalue weighted by Crippen LogP contribution is -2.42. The predicted molar refractivity (Wildman–Crippen MR) is 138 cm³/mol. The van der Waals surface area contributed by atoms with Gasteiger partial charge < -0.3 is 11.5 Å². The monoisotopic (exact) mass is 479 g/mol. The van der Waals surface area contributed by atoms with Crippen LogP contribution in [0.1, 0.15) is 27.4 Å². The normalized spacial score (nSPS) is 15.7. The third kappa shape index (κ3) is 3.92. The number of nitrogens with zero attached hydrogens (tertiary/aromatic N) is 1. The first-order valence-electron chi connectivity index (χ1n) is 10.9. The van der Waals surface area contributed by atoms with Crippen LogP contribution in [0.2, 0.25) is 0 Å². The number of benzene rings is 3. The lowest BCUT2D eigenvalue weighted by atomic mass is 9.80. The molecule has 0 saturated carbocycles. The van der Waals surface area contributed by atoms with Crippen molar-refractivity contribution in [3.63, 3.8) is 0 Å². The maximum atomic E-state index is 13.8. The van der Waals surface area contributed by atoms with Crippen LogP contribution >= 0.6 is 11.3 Å². The van der Waals surface area contributed by atoms with E-state index in [1.165, 1.54) is 4.57 Å². The maximum absolute atomic E-state index is 13.8. The number of rotatable bonds is 5. The van der Waals surface area contributed by atoms with Crippen molar-refractivity contribution >= 4 is 40.5 Å². The van der Waals surface area contributed by atoms with Gasteiger partial charge in [-0.3, -0.25) is 19.0 Å². The number of nitrogens with two attached hydrogens (primary N) is 2. The van der Waals surface area contributed by atoms with Crippen LogP contribution in [0.15, 0.2) is 101 Å². The van der Waals surface area contributed by atoms with Gasteiger partial charge in [0.2, 0.25) is 5.91 Å². The molecule has 1 aromatic heterocycles. The number of thiazole rings is 1. The lowest BCUT2D eigenvalue weighted by Gasteiger charge is -2.27. The summed E-state index contributed by atoms with van der Waals surface area (Å²) in [6.45, 7) is 0. The highest BCUT2D eigenvalue weighted by molar-refractivity contribution is 7.07. The van der Waals surface area contributed by atoms with E-state index in [9.17, 15) is 14.4 Å². The van der Waals surface area contributed by atoms with Gasteiger partial charge in [0.1, 0.15) is 10.5 Å². The van der Waals surface area contributed by atoms with E-state index >= 15 is 0 Å². The summed E-state index contributed by atoms with van der Waals surface area (Å²) in [7, 11) is 0. The number of carbonyl (C=O) groups is 2. The van der Waals surface area contributed by atoms with E-state index in [2.05, 4.69) is 0 Å². The molecule has 1 amide bonds. The molecule has 6 nitrogen and oxygen atoms in total. The molecule has 0 radical (unpaired) electrons. The Balaban J connectivity index is 1.87. The smallest absolute Gasteiger partial charge is 0.274 e. The molecule has 5 rings (SSSR count). The van der Waals surface area contributed by atoms with Gasteiger partial charge in [-0.15, -0.1) is 11.3 Å². The van der Waals surface area contributed by atoms with Crippen molar-refractivity contribution in [1.29, 1.82) is 0 Å². The third-order valence-corrected chi connectivity index (χ3v) is 7.03. The van der Waals surface area contributed by atoms with Crippen molar-refractivity contribution in [1.82, 2.24) is 4.57 Å². The van der Waals surface area contributed by atoms with Crippen molar-refractivity contribution in [2.24, 2.45) is 11.5 Å². The van der Waals surface area contributed by atoms with E-state index in [1.807, 2.05) is 60.7 Å². The molecule has 0 fully saturated rings. The Morgan fingerprint density at radius 2 is 1.40 bits per heavy atom. The number of fused-ring (bicyclic) bond motifs is 1. The zero-order valence-electron chi connectivity index (χ0n) is 18.5. The predicted octanol–water partition coefficient (Wildman–Crippen LogP) is 2.18. The number of amides is 1. The molecule has 0 saturated heterocycles. The molecule has 4 aromatic rings. The highest BCUT2D eigenvalue weighted by Crippen LogP contribution is 2.37. The van der Waals surface area contributed by atoms with Crippen LogP contribution < -0.4 is 26.2 Å². The van der Waals surface area contributed by atoms with Gasteiger partial charge in [-0.2, -0.15) is 0 Å². The molecule has 3 aromatic carbocycles. The van der Waals surface area contributed by atoms with Crippen molar-refractivity contribution in [2.75, 3.05) is 0 Å². The van der Waals surface area contributed by atoms with Gasteiger partial charge >= 0.3 is 0 Å². The summed E-state index contributed by atoms with van der Waals surface area (Å²) in [5.41, 5.74) is 14.3. The second-order valence-corrected chi connectivity index (χ2v) is 9.11. The van der Waals surface area contributed by atoms with Crippen LogP contribution in [0.5, 0.6) is 0 Å². The first-order valence-corrected chi connectivity index (χ1v) is 11.8. The van der Waals surface area contributed by atoms with Crippen molar-refractivity contribution in [3.05, 3.63) is 133 Å². The van der Waals surface area contributed by atoms with Crippen LogP contribution in [-0.4, -0.2) is 16.3 Å². The van der Waals surface area contributed by atoms with Crippen LogP contribution in [0.4, 0.5) is 0 Å². The Labute approximate surface area is 204 Å². The number of carbonyl (C=O) groups excluding carboxylic acids is 2. The van der Waals surface area contributed by atoms with Gasteiger partial charge in [0.15, 0.2) is 5.78 Å². The van der Waals surface area contributed by atoms with Crippen LogP contribution in [-0.2, 0) is 4.79 Å². The lowest BCUT2D eigenvalue weighted by molar-refractivity contribution is -0.113. The molecule has 7 heteroatoms. The molecular formula is C28H21N3O3S. The molecular weight excluding hydrogens is 458 g/mol. The summed E-state index contributed by atoms with van der Waals surface area (Å²) >= 11 is 1.14. The van der Waals surface area contributed by atoms with Crippen molar-refractivity contribution in [2.45, 2.75) is 5.92 Å². The molecule has 1 aliphatic rings. The molecule has 2 heterocycles. The number of allylic oxidation sites excluding steroid dienone is 1. The molecule has 1 aliphatic heterocycles. The Hall–Kier alpha value is -4.49. The zero-order valence-corrected chi connectivity index (χ0v) is 19.4. The fourth-order valence-electron chi connectivity index (χ4n) is 4.34. The molecule has 35 heavy (non-hydrogen) atoms. The van der Waals surface area contributed by atoms with E-state index in [4.69, 9.17) is 11.5 Å². The fourth-order valence-corrected chi connectivity index (χ4v) is 5.52. The first kappa shape index (κ1) is 22.3. The molecule has 0 spiro atoms. The summed E-state index contributed by atoms with van der Waals surface area (Å²) in [5.74, 6) is -1.90. The summed E-state index contributed by atoms with van der Waals surface area (Å²) in [6.07, 6.45) is 1.74. The van der Waals surface area contributed by atoms with Crippen molar-refractivity contribution < 1.29 is 9.59 Å². The number of primary amides is 1. The van der Waals surface area contributed by atoms with Crippen molar-refractivity contribution in [3.8, 4) is 0 Å². The number of hydrogen-bond acceptors (Lipinski definition) is 5. The van der Waals surface area contributed by atoms with Gasteiger partial charge in [0.05, 0.1) is 15.7 Å². The Morgan fingerprint density at radius 1 is 0.829 bits per heavy atom. The molecule has 0 unspecified atom stereocenters. The van der Waals surface area contributed by atoms with Crippen LogP contribution in [0, 0.1) is 0 Å². The standard InChI is InChI=1S/C28H21N3O3S/c29-25-22(24(32)19-14-8-3-9-15-19)21(18-12-6-2-7-13-18)23(26(30)33)28-31(25)27(34)20(35-28)16-17-10-4-1-5-11-17/h1-16,21H,29H2,(H2,30,33)/b20-16+/t21-/m0/s1. The SMILES string of the molecule is NC(=O)C1=c2s/c(=C/c3ccccc3)c(=O)n2C(N)=C(C(=O)c2ccccc2)[C@@H]1c1ccccc1. The summed E-state index contributed by atoms with van der Waals surface area (Å²) in [4.78, 5) is 40.1. The number of ketones is 1. The summed E-state index contributed by atoms with van der Waals surface area (Å²) in [6, 6.07) is 27.1. The van der Waals surface area contributed by atoms with E-state index in [-0.39, 0.29) is 22.8 Å². The quantitative estimate of drug-likeness (QED) is 0.428. The maximum Gasteiger partial charge on any atom is 0.274 e. The number of Topliss-reactive ketones (excluding diaryl/α,β-unsaturated/α-hetero) is 1. The first-order chi connectivity index (χ1) is 17.0. The summed E-state index contributed by atoms with van der Waals surface area (Å²) in [5, 5.41) is 0. The summed E-state index contributed by atoms with van der Waals surface area (Å²) < 4.78 is 1.96. The van der Waals surface area contributed by atoms with Gasteiger partial charge in [-0.05, 0) is 17.2 Å². The van der Waals surface area contributed by atoms with Gasteiger partial charge in [0, 0.05) is 11.5 Å². The van der Waals surface area contributed by atoms with Crippen LogP contribution in [0.25, 0.3) is 17.5 Å². The highest BCUT2D eigenvalue weighted by Gasteiger charge is 2.37. The van der Waals surface area contributed by atoms with Gasteiger partial charge in [-0.25, -0.2) is 0 Å². The van der Waals surface area contributed by atoms with E-state index in [0.29, 0.717) is 20.3 Å². The minimum Gasteiger partial charge on any atom is -0.384 e. The minimum atomic E-state index is -0.816. The Morgan fingerprint density at radius 3 is 2.00 bits per heavy atom. The fraction of sp³-hybridized carbons (Fsp3) is 0.0357. The molecule has 1 atom stereocenters. The Bertz CT molecular complexity index is 1650. The second kappa shape index (κ2) is 9.04. The topological polar surface area (TPSA) is 108 Å². The average molecular weight is 480 g/mol. The van der Waals surface area contributed by atoms with Crippen LogP contribution in [0.3, 0.4) is 0 Å². The van der Waals surface area contributed by atoms with E-state index in [1.54, 1.807) is 36.4 Å². The highest BCUT2D eigenvalue weighted by atomic mass is 32.1. The largest absolute Gasteiger partial charge is 0.384 e. The van der Waals surface area contributed by atoms with E-state index in [0.717, 1.165) is 16.9 Å². The Kier molecular flexibility index (Phi) is 5.76. The van der Waals surface area contributed by atoms with E-state index < -0.39 is 17.4 Å². The number of hydrogen-bond donors (Lipinski definition) is 2. The van der Waals surface area contributed by atoms with Gasteiger partial charge in [0.25, 0.3) is 5.56 Å². The third-order valence-electron chi connectivity index (χ3n) is 5.92. The molecule has 0 aliphatic carbocycles. The van der Waals surface area contributed by atoms with Gasteiger partial charge in [-0.1, -0.05) is 91.0 Å².